The number of hydrogen-bond acceptors (Lipinski definition) is 7. The predicted octanol–water partition coefficient (Wildman–Crippen LogP) is 0.184. The Morgan fingerprint density at radius 1 is 1.29 bits per heavy atom. The van der Waals surface area contributed by atoms with Crippen molar-refractivity contribution in [1.82, 2.24) is 4.98 Å². The van der Waals surface area contributed by atoms with E-state index in [2.05, 4.69) is 4.98 Å². The van der Waals surface area contributed by atoms with Gasteiger partial charge < -0.3 is 10.1 Å². The number of pyridine rings is 1. The molecule has 0 spiro atoms. The summed E-state index contributed by atoms with van der Waals surface area (Å²) in [7, 11) is 0. The van der Waals surface area contributed by atoms with Gasteiger partial charge in [0.05, 0.1) is 11.0 Å². The minimum Gasteiger partial charge on any atom is -0.358 e. The smallest absolute Gasteiger partial charge is 0.358 e. The summed E-state index contributed by atoms with van der Waals surface area (Å²) in [6.45, 7) is 0. The Bertz CT molecular complexity index is 359. The second-order valence-corrected chi connectivity index (χ2v) is 2.23. The molecule has 0 amide bonds. The average Bonchev–Trinajstić information content (AvgIpc) is 2.16. The molecule has 0 fully saturated rings. The molecule has 0 radical (unpaired) electrons. The number of rotatable bonds is 3. The van der Waals surface area contributed by atoms with Crippen molar-refractivity contribution in [2.45, 2.75) is 0 Å². The first kappa shape index (κ1) is 9.80. The van der Waals surface area contributed by atoms with Gasteiger partial charge in [-0.2, -0.15) is 0 Å². The second-order valence-electron chi connectivity index (χ2n) is 2.23. The Hall–Kier alpha value is -2.29. The van der Waals surface area contributed by atoms with E-state index >= 15 is 0 Å². The third kappa shape index (κ3) is 1.90. The summed E-state index contributed by atoms with van der Waals surface area (Å²) in [5.74, 6) is 4.16. The molecule has 3 N–H and O–H groups in total. The highest BCUT2D eigenvalue weighted by molar-refractivity contribution is 5.49. The largest absolute Gasteiger partial charge is 0.372 e. The van der Waals surface area contributed by atoms with Crippen LogP contribution in [0.1, 0.15) is 0 Å². The fraction of sp³-hybridized carbons (Fsp3) is 0. The highest BCUT2D eigenvalue weighted by atomic mass is 16.6. The Morgan fingerprint density at radius 3 is 2.36 bits per heavy atom. The van der Waals surface area contributed by atoms with Gasteiger partial charge in [0.15, 0.2) is 0 Å². The van der Waals surface area contributed by atoms with Crippen molar-refractivity contribution in [3.05, 3.63) is 32.4 Å². The molecule has 14 heavy (non-hydrogen) atoms. The summed E-state index contributed by atoms with van der Waals surface area (Å²) in [6.07, 6.45) is 0. The second kappa shape index (κ2) is 3.62. The van der Waals surface area contributed by atoms with E-state index in [1.54, 1.807) is 0 Å². The van der Waals surface area contributed by atoms with Gasteiger partial charge in [0, 0.05) is 0 Å². The number of nitrogens with two attached hydrogens (primary N) is 1. The van der Waals surface area contributed by atoms with Crippen LogP contribution in [0, 0.1) is 20.2 Å². The maximum atomic E-state index is 10.3. The zero-order valence-electron chi connectivity index (χ0n) is 6.71. The van der Waals surface area contributed by atoms with Crippen molar-refractivity contribution in [3.8, 4) is 0 Å². The molecule has 1 heterocycles. The van der Waals surface area contributed by atoms with Crippen LogP contribution < -0.4 is 11.3 Å². The van der Waals surface area contributed by atoms with E-state index in [0.717, 1.165) is 12.1 Å². The highest BCUT2D eigenvalue weighted by Gasteiger charge is 2.18. The van der Waals surface area contributed by atoms with E-state index in [1.165, 1.54) is 0 Å². The number of nitro groups is 2. The molecule has 0 atom stereocenters. The van der Waals surface area contributed by atoms with Crippen molar-refractivity contribution >= 4 is 17.3 Å². The summed E-state index contributed by atoms with van der Waals surface area (Å²) in [5, 5.41) is 20.6. The summed E-state index contributed by atoms with van der Waals surface area (Å²) in [6, 6.07) is 1.74. The molecular weight excluding hydrogens is 194 g/mol. The van der Waals surface area contributed by atoms with E-state index in [-0.39, 0.29) is 5.82 Å². The van der Waals surface area contributed by atoms with Gasteiger partial charge in [-0.3, -0.25) is 15.5 Å². The van der Waals surface area contributed by atoms with Crippen LogP contribution in [0.15, 0.2) is 12.1 Å². The van der Waals surface area contributed by atoms with Crippen molar-refractivity contribution in [2.24, 2.45) is 5.84 Å². The molecule has 0 aromatic carbocycles. The molecule has 0 aliphatic rings. The van der Waals surface area contributed by atoms with Gasteiger partial charge in [-0.15, -0.1) is 0 Å². The molecule has 0 saturated carbocycles. The number of aromatic nitrogens is 1. The predicted molar refractivity (Wildman–Crippen MR) is 45.4 cm³/mol. The first-order chi connectivity index (χ1) is 6.54. The minimum absolute atomic E-state index is 0.133. The van der Waals surface area contributed by atoms with Crippen LogP contribution in [-0.2, 0) is 0 Å². The Morgan fingerprint density at radius 2 is 1.93 bits per heavy atom. The fourth-order valence-electron chi connectivity index (χ4n) is 0.775. The Balaban J connectivity index is 3.27. The van der Waals surface area contributed by atoms with Gasteiger partial charge in [-0.1, -0.05) is 0 Å². The zero-order chi connectivity index (χ0) is 10.7. The number of nitrogens with one attached hydrogen (secondary N) is 1. The molecule has 1 aromatic rings. The summed E-state index contributed by atoms with van der Waals surface area (Å²) in [4.78, 5) is 22.4. The first-order valence-corrected chi connectivity index (χ1v) is 3.32. The van der Waals surface area contributed by atoms with Crippen LogP contribution >= 0.6 is 0 Å². The molecule has 0 bridgehead atoms. The molecule has 0 aliphatic heterocycles. The third-order valence-electron chi connectivity index (χ3n) is 1.34. The highest BCUT2D eigenvalue weighted by Crippen LogP contribution is 2.20. The lowest BCUT2D eigenvalue weighted by atomic mass is 10.4. The van der Waals surface area contributed by atoms with Crippen LogP contribution in [0.25, 0.3) is 0 Å². The van der Waals surface area contributed by atoms with Crippen LogP contribution in [0.3, 0.4) is 0 Å². The lowest BCUT2D eigenvalue weighted by molar-refractivity contribution is -0.397. The lowest BCUT2D eigenvalue weighted by Crippen LogP contribution is -2.09. The van der Waals surface area contributed by atoms with Crippen molar-refractivity contribution in [3.63, 3.8) is 0 Å². The SMILES string of the molecule is NNc1cc([N+](=O)[O-])cc([N+](=O)[O-])n1. The Kier molecular flexibility index (Phi) is 2.53. The van der Waals surface area contributed by atoms with E-state index in [4.69, 9.17) is 5.84 Å². The quantitative estimate of drug-likeness (QED) is 0.402. The summed E-state index contributed by atoms with van der Waals surface area (Å²) < 4.78 is 0. The maximum absolute atomic E-state index is 10.3. The number of anilines is 1. The number of hydrogen-bond donors (Lipinski definition) is 2. The molecule has 0 aliphatic carbocycles. The molecule has 74 valence electrons. The molecule has 9 nitrogen and oxygen atoms in total. The molecular formula is C5H5N5O4. The first-order valence-electron chi connectivity index (χ1n) is 3.32. The van der Waals surface area contributed by atoms with Crippen LogP contribution in [0.4, 0.5) is 17.3 Å². The summed E-state index contributed by atoms with van der Waals surface area (Å²) >= 11 is 0. The molecule has 1 aromatic heterocycles. The molecule has 0 unspecified atom stereocenters. The maximum Gasteiger partial charge on any atom is 0.372 e. The monoisotopic (exact) mass is 199 g/mol. The van der Waals surface area contributed by atoms with Gasteiger partial charge in [0.1, 0.15) is 6.07 Å². The van der Waals surface area contributed by atoms with Gasteiger partial charge in [0.2, 0.25) is 0 Å². The van der Waals surface area contributed by atoms with E-state index in [0.29, 0.717) is 0 Å². The van der Waals surface area contributed by atoms with Gasteiger partial charge in [0.25, 0.3) is 11.5 Å². The molecule has 1 rings (SSSR count). The lowest BCUT2D eigenvalue weighted by Gasteiger charge is -1.95. The normalized spacial score (nSPS) is 9.50. The third-order valence-corrected chi connectivity index (χ3v) is 1.34. The topological polar surface area (TPSA) is 137 Å². The minimum atomic E-state index is -0.839. The van der Waals surface area contributed by atoms with Gasteiger partial charge in [-0.25, -0.2) is 5.84 Å². The van der Waals surface area contributed by atoms with Crippen LogP contribution in [-0.4, -0.2) is 14.8 Å². The van der Waals surface area contributed by atoms with Crippen molar-refractivity contribution in [2.75, 3.05) is 5.43 Å². The van der Waals surface area contributed by atoms with Crippen LogP contribution in [0.2, 0.25) is 0 Å². The van der Waals surface area contributed by atoms with Crippen molar-refractivity contribution < 1.29 is 9.85 Å². The van der Waals surface area contributed by atoms with Gasteiger partial charge >= 0.3 is 5.82 Å². The van der Waals surface area contributed by atoms with E-state index in [9.17, 15) is 20.2 Å². The number of nitrogen functional groups attached to an aromatic ring is 1. The van der Waals surface area contributed by atoms with E-state index in [1.807, 2.05) is 5.43 Å². The standard InChI is InChI=1S/C5H5N5O4/c6-8-4-1-3(9(11)12)2-5(7-4)10(13)14/h1-2H,6H2,(H,7,8). The molecule has 9 heteroatoms. The number of nitrogens with zero attached hydrogens (tertiary/aromatic N) is 3. The van der Waals surface area contributed by atoms with Gasteiger partial charge in [-0.05, 0) is 9.91 Å². The van der Waals surface area contributed by atoms with E-state index < -0.39 is 21.4 Å². The molecule has 0 saturated heterocycles. The average molecular weight is 199 g/mol. The fourth-order valence-corrected chi connectivity index (χ4v) is 0.775. The number of hydrazine groups is 1. The Labute approximate surface area is 76.8 Å². The zero-order valence-corrected chi connectivity index (χ0v) is 6.71. The summed E-state index contributed by atoms with van der Waals surface area (Å²) in [5.41, 5.74) is 1.55. The van der Waals surface area contributed by atoms with Crippen LogP contribution in [0.5, 0.6) is 0 Å². The van der Waals surface area contributed by atoms with Crippen molar-refractivity contribution in [1.29, 1.82) is 0 Å².